The lowest BCUT2D eigenvalue weighted by molar-refractivity contribution is -0.135. The summed E-state index contributed by atoms with van der Waals surface area (Å²) in [6.07, 6.45) is 0.202. The van der Waals surface area contributed by atoms with E-state index in [4.69, 9.17) is 24.2 Å². The van der Waals surface area contributed by atoms with Crippen LogP contribution in [0.15, 0.2) is 54.6 Å². The fourth-order valence-electron chi connectivity index (χ4n) is 2.96. The van der Waals surface area contributed by atoms with Crippen molar-refractivity contribution in [2.45, 2.75) is 19.4 Å². The van der Waals surface area contributed by atoms with E-state index in [1.54, 1.807) is 29.7 Å². The monoisotopic (exact) mass is 446 g/mol. The van der Waals surface area contributed by atoms with E-state index in [-0.39, 0.29) is 32.3 Å². The van der Waals surface area contributed by atoms with Crippen molar-refractivity contribution in [3.05, 3.63) is 60.2 Å². The summed E-state index contributed by atoms with van der Waals surface area (Å²) in [5.41, 5.74) is 2.06. The minimum atomic E-state index is -0.673. The number of hydrogen-bond donors (Lipinski definition) is 3. The van der Waals surface area contributed by atoms with Gasteiger partial charge in [-0.1, -0.05) is 18.2 Å². The maximum absolute atomic E-state index is 12.8. The van der Waals surface area contributed by atoms with E-state index in [1.807, 2.05) is 37.3 Å². The summed E-state index contributed by atoms with van der Waals surface area (Å²) in [6.45, 7) is 2.60. The summed E-state index contributed by atoms with van der Waals surface area (Å²) in [6, 6.07) is 15.5. The van der Waals surface area contributed by atoms with Crippen LogP contribution in [-0.2, 0) is 19.0 Å². The summed E-state index contributed by atoms with van der Waals surface area (Å²) < 4.78 is 21.4. The van der Waals surface area contributed by atoms with Gasteiger partial charge < -0.3 is 24.3 Å². The van der Waals surface area contributed by atoms with Crippen LogP contribution in [-0.4, -0.2) is 56.8 Å². The first-order chi connectivity index (χ1) is 15.6. The van der Waals surface area contributed by atoms with Crippen LogP contribution in [0, 0.1) is 5.92 Å². The van der Waals surface area contributed by atoms with Gasteiger partial charge in [-0.05, 0) is 49.7 Å². The lowest BCUT2D eigenvalue weighted by Gasteiger charge is -2.23. The highest BCUT2D eigenvalue weighted by atomic mass is 16.7. The Balaban J connectivity index is 2.02. The molecule has 0 saturated heterocycles. The number of hydrogen-bond acceptors (Lipinski definition) is 7. The Morgan fingerprint density at radius 3 is 2.28 bits per heavy atom. The Kier molecular flexibility index (Phi) is 11.2. The predicted octanol–water partition coefficient (Wildman–Crippen LogP) is 2.75. The zero-order chi connectivity index (χ0) is 23.2. The van der Waals surface area contributed by atoms with E-state index in [0.29, 0.717) is 23.7 Å². The molecular weight excluding hydrogens is 416 g/mol. The van der Waals surface area contributed by atoms with Gasteiger partial charge in [0.1, 0.15) is 18.3 Å². The first kappa shape index (κ1) is 25.3. The summed E-state index contributed by atoms with van der Waals surface area (Å²) >= 11 is 0. The first-order valence-corrected chi connectivity index (χ1v) is 10.3. The number of rotatable bonds is 14. The largest absolute Gasteiger partial charge is 0.457 e. The van der Waals surface area contributed by atoms with Crippen LogP contribution in [0.1, 0.15) is 23.7 Å². The van der Waals surface area contributed by atoms with Gasteiger partial charge in [0.05, 0.1) is 25.2 Å². The van der Waals surface area contributed by atoms with Gasteiger partial charge in [-0.2, -0.15) is 0 Å². The average molecular weight is 447 g/mol. The molecule has 2 atom stereocenters. The van der Waals surface area contributed by atoms with Gasteiger partial charge in [-0.25, -0.2) is 5.48 Å². The Bertz CT molecular complexity index is 815. The van der Waals surface area contributed by atoms with Gasteiger partial charge in [0.2, 0.25) is 5.91 Å². The Morgan fingerprint density at radius 1 is 0.969 bits per heavy atom. The van der Waals surface area contributed by atoms with Gasteiger partial charge in [0, 0.05) is 19.3 Å². The van der Waals surface area contributed by atoms with Crippen molar-refractivity contribution in [1.82, 2.24) is 10.8 Å². The lowest BCUT2D eigenvalue weighted by atomic mass is 10.00. The number of benzene rings is 2. The summed E-state index contributed by atoms with van der Waals surface area (Å²) in [4.78, 5) is 24.7. The minimum absolute atomic E-state index is 0.0650. The van der Waals surface area contributed by atoms with Crippen LogP contribution in [0.5, 0.6) is 11.5 Å². The molecule has 0 aromatic heterocycles. The van der Waals surface area contributed by atoms with Gasteiger partial charge in [-0.15, -0.1) is 0 Å². The van der Waals surface area contributed by atoms with Crippen molar-refractivity contribution in [2.75, 3.05) is 33.7 Å². The molecule has 0 saturated carbocycles. The molecule has 3 N–H and O–H groups in total. The van der Waals surface area contributed by atoms with E-state index < -0.39 is 17.9 Å². The Morgan fingerprint density at radius 2 is 1.66 bits per heavy atom. The SMILES string of the molecule is CCOCOC[C@H](C[C@H](COC)C(=O)NO)NC(=O)c1ccc(Oc2ccccc2)cc1. The predicted molar refractivity (Wildman–Crippen MR) is 117 cm³/mol. The highest BCUT2D eigenvalue weighted by Crippen LogP contribution is 2.21. The molecule has 2 aromatic carbocycles. The molecule has 0 bridgehead atoms. The van der Waals surface area contributed by atoms with Gasteiger partial charge in [-0.3, -0.25) is 14.8 Å². The molecule has 32 heavy (non-hydrogen) atoms. The lowest BCUT2D eigenvalue weighted by Crippen LogP contribution is -2.43. The molecule has 9 nitrogen and oxygen atoms in total. The molecule has 0 aliphatic carbocycles. The zero-order valence-electron chi connectivity index (χ0n) is 18.3. The Labute approximate surface area is 187 Å². The first-order valence-electron chi connectivity index (χ1n) is 10.3. The van der Waals surface area contributed by atoms with Gasteiger partial charge >= 0.3 is 0 Å². The third-order valence-corrected chi connectivity index (χ3v) is 4.54. The highest BCUT2D eigenvalue weighted by molar-refractivity contribution is 5.94. The van der Waals surface area contributed by atoms with Crippen LogP contribution >= 0.6 is 0 Å². The topological polar surface area (TPSA) is 115 Å². The number of carbonyl (C=O) groups is 2. The molecular formula is C23H30N2O7. The Hall–Kier alpha value is -2.98. The summed E-state index contributed by atoms with van der Waals surface area (Å²) in [5.74, 6) is -0.306. The number of hydroxylamine groups is 1. The molecule has 0 aliphatic heterocycles. The second-order valence-electron chi connectivity index (χ2n) is 6.96. The molecule has 0 heterocycles. The van der Waals surface area contributed by atoms with Crippen LogP contribution < -0.4 is 15.5 Å². The van der Waals surface area contributed by atoms with Crippen molar-refractivity contribution in [3.8, 4) is 11.5 Å². The number of carbonyl (C=O) groups excluding carboxylic acids is 2. The van der Waals surface area contributed by atoms with E-state index in [2.05, 4.69) is 5.32 Å². The van der Waals surface area contributed by atoms with E-state index in [1.165, 1.54) is 7.11 Å². The van der Waals surface area contributed by atoms with Crippen molar-refractivity contribution < 1.29 is 33.7 Å². The molecule has 2 aromatic rings. The number of nitrogens with one attached hydrogen (secondary N) is 2. The van der Waals surface area contributed by atoms with Crippen molar-refractivity contribution in [1.29, 1.82) is 0 Å². The average Bonchev–Trinajstić information content (AvgIpc) is 2.82. The number of methoxy groups -OCH3 is 1. The molecule has 2 amide bonds. The molecule has 0 radical (unpaired) electrons. The van der Waals surface area contributed by atoms with Gasteiger partial charge in [0.15, 0.2) is 0 Å². The molecule has 9 heteroatoms. The maximum atomic E-state index is 12.8. The second kappa shape index (κ2) is 14.2. The van der Waals surface area contributed by atoms with Gasteiger partial charge in [0.25, 0.3) is 5.91 Å². The smallest absolute Gasteiger partial charge is 0.251 e. The van der Waals surface area contributed by atoms with E-state index in [0.717, 1.165) is 0 Å². The summed E-state index contributed by atoms with van der Waals surface area (Å²) in [7, 11) is 1.45. The van der Waals surface area contributed by atoms with Crippen LogP contribution in [0.2, 0.25) is 0 Å². The number of amides is 2. The highest BCUT2D eigenvalue weighted by Gasteiger charge is 2.25. The molecule has 0 fully saturated rings. The minimum Gasteiger partial charge on any atom is -0.457 e. The third kappa shape index (κ3) is 8.64. The molecule has 0 spiro atoms. The maximum Gasteiger partial charge on any atom is 0.251 e. The number of para-hydroxylation sites is 1. The zero-order valence-corrected chi connectivity index (χ0v) is 18.3. The second-order valence-corrected chi connectivity index (χ2v) is 6.96. The molecule has 174 valence electrons. The van der Waals surface area contributed by atoms with E-state index in [9.17, 15) is 9.59 Å². The molecule has 0 unspecified atom stereocenters. The van der Waals surface area contributed by atoms with Crippen LogP contribution in [0.4, 0.5) is 0 Å². The van der Waals surface area contributed by atoms with E-state index >= 15 is 0 Å². The number of ether oxygens (including phenoxy) is 4. The summed E-state index contributed by atoms with van der Waals surface area (Å²) in [5, 5.41) is 11.8. The fraction of sp³-hybridized carbons (Fsp3) is 0.391. The fourth-order valence-corrected chi connectivity index (χ4v) is 2.96. The van der Waals surface area contributed by atoms with Crippen molar-refractivity contribution in [3.63, 3.8) is 0 Å². The standard InChI is InChI=1S/C23H30N2O7/c1-3-30-16-31-15-19(13-18(14-29-2)23(27)25-28)24-22(26)17-9-11-21(12-10-17)32-20-7-5-4-6-8-20/h4-12,18-19,28H,3,13-16H2,1-2H3,(H,24,26)(H,25,27)/t18-,19+/m1/s1. The third-order valence-electron chi connectivity index (χ3n) is 4.54. The normalized spacial score (nSPS) is 12.6. The molecule has 0 aliphatic rings. The molecule has 2 rings (SSSR count). The van der Waals surface area contributed by atoms with Crippen molar-refractivity contribution >= 4 is 11.8 Å². The quantitative estimate of drug-likeness (QED) is 0.177. The van der Waals surface area contributed by atoms with Crippen LogP contribution in [0.3, 0.4) is 0 Å². The van der Waals surface area contributed by atoms with Crippen LogP contribution in [0.25, 0.3) is 0 Å². The van der Waals surface area contributed by atoms with Crippen molar-refractivity contribution in [2.24, 2.45) is 5.92 Å².